The molecule has 2 aromatic carbocycles. The van der Waals surface area contributed by atoms with E-state index in [1.807, 2.05) is 19.1 Å². The molecule has 0 amide bonds. The highest BCUT2D eigenvalue weighted by Gasteiger charge is 2.31. The molecule has 2 aromatic heterocycles. The lowest BCUT2D eigenvalue weighted by atomic mass is 10.1. The first-order valence-corrected chi connectivity index (χ1v) is 15.7. The van der Waals surface area contributed by atoms with E-state index >= 15 is 0 Å². The Balaban J connectivity index is 1.24. The van der Waals surface area contributed by atoms with Gasteiger partial charge in [-0.25, -0.2) is 13.4 Å². The molecule has 0 bridgehead atoms. The Morgan fingerprint density at radius 2 is 1.73 bits per heavy atom. The zero-order chi connectivity index (χ0) is 28.0. The first kappa shape index (κ1) is 26.7. The third-order valence-corrected chi connectivity index (χ3v) is 9.09. The van der Waals surface area contributed by atoms with E-state index in [-0.39, 0.29) is 15.5 Å². The molecule has 40 heavy (non-hydrogen) atoms. The Labute approximate surface area is 238 Å². The molecule has 11 heteroatoms. The molecule has 1 saturated heterocycles. The molecule has 3 heterocycles. The molecular weight excluding hydrogens is 548 g/mol. The topological polar surface area (TPSA) is 100 Å². The summed E-state index contributed by atoms with van der Waals surface area (Å²) in [5.41, 5.74) is 3.12. The van der Waals surface area contributed by atoms with Crippen molar-refractivity contribution in [3.8, 4) is 11.1 Å². The van der Waals surface area contributed by atoms with Crippen LogP contribution in [0.1, 0.15) is 19.8 Å². The van der Waals surface area contributed by atoms with Crippen LogP contribution in [0.25, 0.3) is 22.2 Å². The maximum atomic E-state index is 13.5. The molecule has 0 radical (unpaired) electrons. The van der Waals surface area contributed by atoms with Gasteiger partial charge in [0, 0.05) is 84.1 Å². The summed E-state index contributed by atoms with van der Waals surface area (Å²) >= 11 is 6.43. The standard InChI is InChI=1S/C29H31ClN6O3S/c1-3-36-27-19(16-25(28(36)37)24-11-10-23(17-26(24)30)40(2,38)39)18-31-29(33-27)32-20-4-6-21(7-5-20)34-12-14-35(15-13-34)22-8-9-22/h4-7,10-11,16-18,22H,3,8-9,12-15H2,1-2H3,(H,31,32,33). The number of aromatic nitrogens is 3. The number of pyridine rings is 1. The Morgan fingerprint density at radius 1 is 1.00 bits per heavy atom. The number of anilines is 3. The molecule has 1 N–H and O–H groups in total. The minimum Gasteiger partial charge on any atom is -0.369 e. The molecule has 9 nitrogen and oxygen atoms in total. The molecule has 208 valence electrons. The van der Waals surface area contributed by atoms with E-state index in [0.29, 0.717) is 34.7 Å². The highest BCUT2D eigenvalue weighted by Crippen LogP contribution is 2.31. The summed E-state index contributed by atoms with van der Waals surface area (Å²) in [4.78, 5) is 27.7. The zero-order valence-corrected chi connectivity index (χ0v) is 24.0. The molecule has 0 spiro atoms. The van der Waals surface area contributed by atoms with Crippen LogP contribution in [0.2, 0.25) is 5.02 Å². The van der Waals surface area contributed by atoms with Gasteiger partial charge in [0.05, 0.1) is 4.90 Å². The second-order valence-electron chi connectivity index (χ2n) is 10.4. The summed E-state index contributed by atoms with van der Waals surface area (Å²) in [6.07, 6.45) is 5.49. The Kier molecular flexibility index (Phi) is 7.02. The number of sulfone groups is 1. The molecule has 0 atom stereocenters. The minimum absolute atomic E-state index is 0.0982. The predicted octanol–water partition coefficient (Wildman–Crippen LogP) is 4.56. The Bertz CT molecular complexity index is 1740. The second-order valence-corrected chi connectivity index (χ2v) is 12.8. The fraction of sp³-hybridized carbons (Fsp3) is 0.345. The monoisotopic (exact) mass is 578 g/mol. The van der Waals surface area contributed by atoms with Gasteiger partial charge in [-0.2, -0.15) is 4.98 Å². The van der Waals surface area contributed by atoms with Crippen molar-refractivity contribution < 1.29 is 8.42 Å². The van der Waals surface area contributed by atoms with Crippen LogP contribution >= 0.6 is 11.6 Å². The number of fused-ring (bicyclic) bond motifs is 1. The van der Waals surface area contributed by atoms with Gasteiger partial charge >= 0.3 is 0 Å². The van der Waals surface area contributed by atoms with Crippen LogP contribution in [0.3, 0.4) is 0 Å². The van der Waals surface area contributed by atoms with Crippen LogP contribution in [-0.4, -0.2) is 66.3 Å². The predicted molar refractivity (Wildman–Crippen MR) is 160 cm³/mol. The quantitative estimate of drug-likeness (QED) is 0.341. The number of halogens is 1. The number of nitrogens with zero attached hydrogens (tertiary/aromatic N) is 5. The summed E-state index contributed by atoms with van der Waals surface area (Å²) in [6.45, 7) is 6.59. The van der Waals surface area contributed by atoms with Crippen LogP contribution in [0, 0.1) is 0 Å². The van der Waals surface area contributed by atoms with E-state index in [1.165, 1.54) is 30.7 Å². The highest BCUT2D eigenvalue weighted by atomic mass is 35.5. The molecule has 1 saturated carbocycles. The van der Waals surface area contributed by atoms with E-state index < -0.39 is 9.84 Å². The molecule has 1 aliphatic heterocycles. The van der Waals surface area contributed by atoms with Gasteiger partial charge in [-0.3, -0.25) is 14.3 Å². The summed E-state index contributed by atoms with van der Waals surface area (Å²) in [5.74, 6) is 0.392. The van der Waals surface area contributed by atoms with Gasteiger partial charge in [-0.05, 0) is 62.2 Å². The van der Waals surface area contributed by atoms with E-state index in [9.17, 15) is 13.2 Å². The van der Waals surface area contributed by atoms with Gasteiger partial charge in [-0.15, -0.1) is 0 Å². The van der Waals surface area contributed by atoms with Crippen LogP contribution in [-0.2, 0) is 16.4 Å². The average molecular weight is 579 g/mol. The van der Waals surface area contributed by atoms with Crippen molar-refractivity contribution >= 4 is 49.8 Å². The molecule has 1 aliphatic carbocycles. The largest absolute Gasteiger partial charge is 0.369 e. The summed E-state index contributed by atoms with van der Waals surface area (Å²) < 4.78 is 25.4. The fourth-order valence-electron chi connectivity index (χ4n) is 5.32. The number of benzene rings is 2. The zero-order valence-electron chi connectivity index (χ0n) is 22.5. The highest BCUT2D eigenvalue weighted by molar-refractivity contribution is 7.90. The van der Waals surface area contributed by atoms with Gasteiger partial charge in [-0.1, -0.05) is 17.7 Å². The second kappa shape index (κ2) is 10.5. The number of nitrogens with one attached hydrogen (secondary N) is 1. The molecule has 4 aromatic rings. The van der Waals surface area contributed by atoms with Gasteiger partial charge in [0.1, 0.15) is 5.65 Å². The normalized spacial score (nSPS) is 16.4. The van der Waals surface area contributed by atoms with Crippen LogP contribution in [0.4, 0.5) is 17.3 Å². The van der Waals surface area contributed by atoms with E-state index in [0.717, 1.165) is 44.2 Å². The first-order chi connectivity index (χ1) is 19.2. The van der Waals surface area contributed by atoms with Gasteiger partial charge in [0.15, 0.2) is 9.84 Å². The number of hydrogen-bond donors (Lipinski definition) is 1. The van der Waals surface area contributed by atoms with Crippen molar-refractivity contribution in [2.75, 3.05) is 42.7 Å². The van der Waals surface area contributed by atoms with Gasteiger partial charge in [0.25, 0.3) is 5.56 Å². The molecule has 0 unspecified atom stereocenters. The number of hydrogen-bond acceptors (Lipinski definition) is 8. The lowest BCUT2D eigenvalue weighted by Gasteiger charge is -2.36. The molecular formula is C29H31ClN6O3S. The van der Waals surface area contributed by atoms with Crippen molar-refractivity contribution in [3.05, 3.63) is 70.1 Å². The summed E-state index contributed by atoms with van der Waals surface area (Å²) in [6, 6.07) is 15.2. The maximum absolute atomic E-state index is 13.5. The van der Waals surface area contributed by atoms with Crippen molar-refractivity contribution in [1.82, 2.24) is 19.4 Å². The third kappa shape index (κ3) is 5.31. The summed E-state index contributed by atoms with van der Waals surface area (Å²) in [7, 11) is -3.42. The number of rotatable bonds is 7. The van der Waals surface area contributed by atoms with Crippen molar-refractivity contribution in [3.63, 3.8) is 0 Å². The van der Waals surface area contributed by atoms with Crippen molar-refractivity contribution in [2.45, 2.75) is 37.2 Å². The average Bonchev–Trinajstić information content (AvgIpc) is 3.79. The van der Waals surface area contributed by atoms with E-state index in [1.54, 1.807) is 22.9 Å². The Hall–Kier alpha value is -3.47. The molecule has 2 fully saturated rings. The van der Waals surface area contributed by atoms with Gasteiger partial charge < -0.3 is 10.2 Å². The first-order valence-electron chi connectivity index (χ1n) is 13.5. The van der Waals surface area contributed by atoms with Crippen LogP contribution < -0.4 is 15.8 Å². The van der Waals surface area contributed by atoms with E-state index in [2.05, 4.69) is 37.2 Å². The van der Waals surface area contributed by atoms with Crippen molar-refractivity contribution in [2.24, 2.45) is 0 Å². The molecule has 6 rings (SSSR count). The maximum Gasteiger partial charge on any atom is 0.260 e. The number of aryl methyl sites for hydroxylation is 1. The molecule has 2 aliphatic rings. The minimum atomic E-state index is -3.42. The van der Waals surface area contributed by atoms with Crippen LogP contribution in [0.5, 0.6) is 0 Å². The SMILES string of the molecule is CCn1c(=O)c(-c2ccc(S(C)(=O)=O)cc2Cl)cc2cnc(Nc3ccc(N4CCN(C5CC5)CC4)cc3)nc21. The van der Waals surface area contributed by atoms with Crippen molar-refractivity contribution in [1.29, 1.82) is 0 Å². The smallest absolute Gasteiger partial charge is 0.260 e. The Morgan fingerprint density at radius 3 is 2.35 bits per heavy atom. The lowest BCUT2D eigenvalue weighted by Crippen LogP contribution is -2.47. The van der Waals surface area contributed by atoms with E-state index in [4.69, 9.17) is 11.6 Å². The third-order valence-electron chi connectivity index (χ3n) is 7.67. The van der Waals surface area contributed by atoms with Gasteiger partial charge in [0.2, 0.25) is 5.95 Å². The summed E-state index contributed by atoms with van der Waals surface area (Å²) in [5, 5.41) is 4.12. The fourth-order valence-corrected chi connectivity index (χ4v) is 6.31. The van der Waals surface area contributed by atoms with Crippen LogP contribution in [0.15, 0.2) is 64.4 Å². The number of piperazine rings is 1. The lowest BCUT2D eigenvalue weighted by molar-refractivity contribution is 0.248.